The lowest BCUT2D eigenvalue weighted by atomic mass is 10.2. The van der Waals surface area contributed by atoms with Gasteiger partial charge < -0.3 is 14.7 Å². The lowest BCUT2D eigenvalue weighted by Crippen LogP contribution is -2.35. The van der Waals surface area contributed by atoms with Crippen LogP contribution in [0, 0.1) is 0 Å². The molecule has 0 spiro atoms. The van der Waals surface area contributed by atoms with Gasteiger partial charge in [-0.1, -0.05) is 0 Å². The molecule has 1 rings (SSSR count). The standard InChI is InChI=1S/C9H17NO3.ClH/c1-9(2,3)13-8(12)10-5-4-7(11)6-10;/h7,11H,4-6H2,1-3H3;1H/t7-;/m0./s1. The topological polar surface area (TPSA) is 49.8 Å². The molecule has 1 heterocycles. The van der Waals surface area contributed by atoms with E-state index in [4.69, 9.17) is 4.74 Å². The van der Waals surface area contributed by atoms with Gasteiger partial charge >= 0.3 is 6.09 Å². The number of ether oxygens (including phenoxy) is 1. The van der Waals surface area contributed by atoms with Crippen LogP contribution < -0.4 is 0 Å². The molecular formula is C9H18ClNO3. The molecule has 5 heteroatoms. The molecule has 0 aromatic rings. The molecule has 0 aromatic carbocycles. The van der Waals surface area contributed by atoms with Gasteiger partial charge in [0.2, 0.25) is 0 Å². The summed E-state index contributed by atoms with van der Waals surface area (Å²) in [5.41, 5.74) is -0.454. The summed E-state index contributed by atoms with van der Waals surface area (Å²) in [6.45, 7) is 6.48. The van der Waals surface area contributed by atoms with Crippen molar-refractivity contribution in [3.05, 3.63) is 0 Å². The molecule has 1 N–H and O–H groups in total. The van der Waals surface area contributed by atoms with Gasteiger partial charge in [0.15, 0.2) is 0 Å². The Kier molecular flexibility index (Phi) is 4.68. The van der Waals surface area contributed by atoms with Gasteiger partial charge in [-0.3, -0.25) is 0 Å². The summed E-state index contributed by atoms with van der Waals surface area (Å²) in [5, 5.41) is 9.20. The van der Waals surface area contributed by atoms with E-state index in [0.717, 1.165) is 0 Å². The van der Waals surface area contributed by atoms with Crippen LogP contribution >= 0.6 is 12.4 Å². The molecule has 0 aromatic heterocycles. The van der Waals surface area contributed by atoms with E-state index in [0.29, 0.717) is 19.5 Å². The highest BCUT2D eigenvalue weighted by molar-refractivity contribution is 5.85. The van der Waals surface area contributed by atoms with E-state index in [1.165, 1.54) is 4.90 Å². The molecule has 0 unspecified atom stereocenters. The van der Waals surface area contributed by atoms with Gasteiger partial charge in [-0.15, -0.1) is 12.4 Å². The van der Waals surface area contributed by atoms with Crippen LogP contribution in [0.2, 0.25) is 0 Å². The monoisotopic (exact) mass is 223 g/mol. The van der Waals surface area contributed by atoms with Crippen molar-refractivity contribution in [2.45, 2.75) is 38.9 Å². The average molecular weight is 224 g/mol. The first-order valence-electron chi connectivity index (χ1n) is 4.54. The summed E-state index contributed by atoms with van der Waals surface area (Å²) in [6, 6.07) is 0. The number of aliphatic hydroxyl groups is 1. The molecule has 1 amide bonds. The first-order chi connectivity index (χ1) is 5.88. The fourth-order valence-electron chi connectivity index (χ4n) is 1.23. The summed E-state index contributed by atoms with van der Waals surface area (Å²) in [7, 11) is 0. The predicted molar refractivity (Wildman–Crippen MR) is 55.7 cm³/mol. The molecule has 1 saturated heterocycles. The summed E-state index contributed by atoms with van der Waals surface area (Å²) in [6.07, 6.45) is -0.0595. The summed E-state index contributed by atoms with van der Waals surface area (Å²) in [5.74, 6) is 0. The maximum Gasteiger partial charge on any atom is 0.410 e. The molecular weight excluding hydrogens is 206 g/mol. The fraction of sp³-hybridized carbons (Fsp3) is 0.889. The Labute approximate surface area is 90.6 Å². The third-order valence-electron chi connectivity index (χ3n) is 1.82. The van der Waals surface area contributed by atoms with Crippen LogP contribution in [0.3, 0.4) is 0 Å². The van der Waals surface area contributed by atoms with Crippen LogP contribution in [0.25, 0.3) is 0 Å². The van der Waals surface area contributed by atoms with Crippen LogP contribution in [0.15, 0.2) is 0 Å². The number of likely N-dealkylation sites (tertiary alicyclic amines) is 1. The third-order valence-corrected chi connectivity index (χ3v) is 1.82. The van der Waals surface area contributed by atoms with Gasteiger partial charge in [-0.05, 0) is 27.2 Å². The van der Waals surface area contributed by atoms with E-state index in [1.807, 2.05) is 20.8 Å². The second-order valence-electron chi connectivity index (χ2n) is 4.37. The van der Waals surface area contributed by atoms with Crippen LogP contribution in [0.1, 0.15) is 27.2 Å². The molecule has 4 nitrogen and oxygen atoms in total. The second-order valence-corrected chi connectivity index (χ2v) is 4.37. The van der Waals surface area contributed by atoms with E-state index >= 15 is 0 Å². The van der Waals surface area contributed by atoms with Gasteiger partial charge in [-0.2, -0.15) is 0 Å². The van der Waals surface area contributed by atoms with Crippen molar-refractivity contribution >= 4 is 18.5 Å². The van der Waals surface area contributed by atoms with Crippen molar-refractivity contribution in [1.29, 1.82) is 0 Å². The average Bonchev–Trinajstić information content (AvgIpc) is 2.31. The number of amides is 1. The minimum Gasteiger partial charge on any atom is -0.444 e. The first-order valence-corrected chi connectivity index (χ1v) is 4.54. The number of hydrogen-bond acceptors (Lipinski definition) is 3. The van der Waals surface area contributed by atoms with Crippen molar-refractivity contribution in [3.8, 4) is 0 Å². The Hall–Kier alpha value is -0.480. The smallest absolute Gasteiger partial charge is 0.410 e. The maximum absolute atomic E-state index is 11.4. The van der Waals surface area contributed by atoms with E-state index < -0.39 is 5.60 Å². The predicted octanol–water partition coefficient (Wildman–Crippen LogP) is 1.41. The number of rotatable bonds is 0. The zero-order chi connectivity index (χ0) is 10.1. The molecule has 84 valence electrons. The zero-order valence-electron chi connectivity index (χ0n) is 8.82. The SMILES string of the molecule is CC(C)(C)OC(=O)N1CC[C@H](O)C1.Cl. The maximum atomic E-state index is 11.4. The third kappa shape index (κ3) is 4.15. The molecule has 1 fully saturated rings. The van der Waals surface area contributed by atoms with Gasteiger partial charge in [0.1, 0.15) is 5.60 Å². The number of halogens is 1. The van der Waals surface area contributed by atoms with Gasteiger partial charge in [-0.25, -0.2) is 4.79 Å². The number of carbonyl (C=O) groups is 1. The lowest BCUT2D eigenvalue weighted by Gasteiger charge is -2.24. The van der Waals surface area contributed by atoms with E-state index in [2.05, 4.69) is 0 Å². The Morgan fingerprint density at radius 3 is 2.43 bits per heavy atom. The normalized spacial score (nSPS) is 21.7. The molecule has 0 aliphatic carbocycles. The lowest BCUT2D eigenvalue weighted by molar-refractivity contribution is 0.0270. The van der Waals surface area contributed by atoms with Gasteiger partial charge in [0.25, 0.3) is 0 Å². The van der Waals surface area contributed by atoms with Gasteiger partial charge in [0.05, 0.1) is 6.10 Å². The number of aliphatic hydroxyl groups excluding tert-OH is 1. The van der Waals surface area contributed by atoms with Crippen LogP contribution in [-0.4, -0.2) is 40.9 Å². The van der Waals surface area contributed by atoms with Crippen LogP contribution in [0.5, 0.6) is 0 Å². The number of nitrogens with zero attached hydrogens (tertiary/aromatic N) is 1. The summed E-state index contributed by atoms with van der Waals surface area (Å²) >= 11 is 0. The first kappa shape index (κ1) is 13.5. The Morgan fingerprint density at radius 2 is 2.07 bits per heavy atom. The minimum absolute atomic E-state index is 0. The molecule has 1 aliphatic rings. The van der Waals surface area contributed by atoms with Crippen LogP contribution in [0.4, 0.5) is 4.79 Å². The van der Waals surface area contributed by atoms with Crippen molar-refractivity contribution in [2.75, 3.05) is 13.1 Å². The van der Waals surface area contributed by atoms with Gasteiger partial charge in [0, 0.05) is 13.1 Å². The quantitative estimate of drug-likeness (QED) is 0.676. The van der Waals surface area contributed by atoms with E-state index in [-0.39, 0.29) is 24.6 Å². The largest absolute Gasteiger partial charge is 0.444 e. The summed E-state index contributed by atoms with van der Waals surface area (Å²) < 4.78 is 5.15. The highest BCUT2D eigenvalue weighted by Gasteiger charge is 2.28. The van der Waals surface area contributed by atoms with Crippen molar-refractivity contribution in [2.24, 2.45) is 0 Å². The minimum atomic E-state index is -0.454. The summed E-state index contributed by atoms with van der Waals surface area (Å²) in [4.78, 5) is 12.9. The molecule has 0 radical (unpaired) electrons. The van der Waals surface area contributed by atoms with E-state index in [1.54, 1.807) is 0 Å². The van der Waals surface area contributed by atoms with Crippen molar-refractivity contribution < 1.29 is 14.6 Å². The van der Waals surface area contributed by atoms with Crippen molar-refractivity contribution in [1.82, 2.24) is 4.90 Å². The van der Waals surface area contributed by atoms with Crippen LogP contribution in [-0.2, 0) is 4.74 Å². The Bertz CT molecular complexity index is 203. The molecule has 1 atom stereocenters. The highest BCUT2D eigenvalue weighted by Crippen LogP contribution is 2.14. The molecule has 0 saturated carbocycles. The Morgan fingerprint density at radius 1 is 1.50 bits per heavy atom. The zero-order valence-corrected chi connectivity index (χ0v) is 9.63. The number of carbonyl (C=O) groups excluding carboxylic acids is 1. The number of β-amino-alcohol motifs (C(OH)–C–C–N with tert-alkyl or cyclic N) is 1. The molecule has 0 bridgehead atoms. The van der Waals surface area contributed by atoms with E-state index in [9.17, 15) is 9.90 Å². The second kappa shape index (κ2) is 4.84. The molecule has 1 aliphatic heterocycles. The Balaban J connectivity index is 0.00000169. The number of hydrogen-bond donors (Lipinski definition) is 1. The van der Waals surface area contributed by atoms with Crippen molar-refractivity contribution in [3.63, 3.8) is 0 Å². The highest BCUT2D eigenvalue weighted by atomic mass is 35.5. The molecule has 14 heavy (non-hydrogen) atoms. The fourth-order valence-corrected chi connectivity index (χ4v) is 1.23.